The average molecular weight is 331 g/mol. The van der Waals surface area contributed by atoms with E-state index >= 15 is 0 Å². The summed E-state index contributed by atoms with van der Waals surface area (Å²) in [6, 6.07) is 7.69. The Bertz CT molecular complexity index is 656. The van der Waals surface area contributed by atoms with Gasteiger partial charge in [0.1, 0.15) is 5.70 Å². The van der Waals surface area contributed by atoms with Crippen molar-refractivity contribution in [2.75, 3.05) is 0 Å². The van der Waals surface area contributed by atoms with Crippen LogP contribution < -0.4 is 0 Å². The summed E-state index contributed by atoms with van der Waals surface area (Å²) in [5.74, 6) is -2.94. The van der Waals surface area contributed by atoms with E-state index in [1.807, 2.05) is 30.3 Å². The van der Waals surface area contributed by atoms with Gasteiger partial charge >= 0.3 is 0 Å². The van der Waals surface area contributed by atoms with Crippen molar-refractivity contribution in [3.63, 3.8) is 0 Å². The summed E-state index contributed by atoms with van der Waals surface area (Å²) in [6.45, 7) is 16.4. The molecule has 1 aromatic carbocycles. The van der Waals surface area contributed by atoms with Gasteiger partial charge in [-0.25, -0.2) is 0 Å². The van der Waals surface area contributed by atoms with Crippen LogP contribution in [-0.4, -0.2) is 11.6 Å². The number of nitrogens with zero attached hydrogens (tertiary/aromatic N) is 1. The fourth-order valence-electron chi connectivity index (χ4n) is 2.33. The van der Waals surface area contributed by atoms with E-state index in [9.17, 15) is 8.78 Å². The van der Waals surface area contributed by atoms with Crippen molar-refractivity contribution in [2.24, 2.45) is 10.4 Å². The van der Waals surface area contributed by atoms with Gasteiger partial charge in [-0.15, -0.1) is 6.58 Å². The minimum Gasteiger partial charge on any atom is -0.252 e. The summed E-state index contributed by atoms with van der Waals surface area (Å²) in [4.78, 5) is 4.08. The monoisotopic (exact) mass is 331 g/mol. The fraction of sp³-hybridized carbons (Fsp3) is 0.381. The van der Waals surface area contributed by atoms with E-state index in [2.05, 4.69) is 32.0 Å². The molecule has 24 heavy (non-hydrogen) atoms. The SMILES string of the molecule is C=CC(C)(C)CC(=C)c1ccc(C(C)=NC(=CC)C(C)(F)F)cc1. The van der Waals surface area contributed by atoms with Gasteiger partial charge in [0, 0.05) is 12.6 Å². The lowest BCUT2D eigenvalue weighted by atomic mass is 9.84. The maximum atomic E-state index is 13.4. The molecule has 0 bridgehead atoms. The lowest BCUT2D eigenvalue weighted by molar-refractivity contribution is 0.0620. The Labute approximate surface area is 144 Å². The largest absolute Gasteiger partial charge is 0.286 e. The average Bonchev–Trinajstić information content (AvgIpc) is 2.50. The van der Waals surface area contributed by atoms with Gasteiger partial charge in [-0.3, -0.25) is 4.99 Å². The lowest BCUT2D eigenvalue weighted by Crippen LogP contribution is -2.13. The van der Waals surface area contributed by atoms with Gasteiger partial charge in [-0.05, 0) is 42.4 Å². The van der Waals surface area contributed by atoms with Crippen molar-refractivity contribution in [2.45, 2.75) is 47.0 Å². The minimum atomic E-state index is -2.94. The van der Waals surface area contributed by atoms with Crippen LogP contribution in [0.25, 0.3) is 5.57 Å². The van der Waals surface area contributed by atoms with Gasteiger partial charge in [-0.2, -0.15) is 8.78 Å². The molecule has 3 heteroatoms. The highest BCUT2D eigenvalue weighted by atomic mass is 19.3. The number of allylic oxidation sites excluding steroid dienone is 4. The highest BCUT2D eigenvalue weighted by Gasteiger charge is 2.26. The zero-order valence-corrected chi connectivity index (χ0v) is 15.3. The summed E-state index contributed by atoms with van der Waals surface area (Å²) in [6.07, 6.45) is 4.08. The Kier molecular flexibility index (Phi) is 6.42. The molecule has 0 fully saturated rings. The zero-order chi connectivity index (χ0) is 18.5. The minimum absolute atomic E-state index is 0.0132. The Morgan fingerprint density at radius 2 is 1.62 bits per heavy atom. The number of benzene rings is 1. The van der Waals surface area contributed by atoms with E-state index < -0.39 is 5.92 Å². The maximum Gasteiger partial charge on any atom is 0.286 e. The first-order valence-corrected chi connectivity index (χ1v) is 8.02. The number of alkyl halides is 2. The van der Waals surface area contributed by atoms with Gasteiger partial charge in [0.25, 0.3) is 5.92 Å². The van der Waals surface area contributed by atoms with E-state index in [4.69, 9.17) is 0 Å². The molecule has 0 N–H and O–H groups in total. The first kappa shape index (κ1) is 20.0. The van der Waals surface area contributed by atoms with Gasteiger partial charge in [0.15, 0.2) is 0 Å². The zero-order valence-electron chi connectivity index (χ0n) is 15.3. The second-order valence-electron chi connectivity index (χ2n) is 6.81. The molecule has 0 aliphatic heterocycles. The molecule has 0 saturated carbocycles. The highest BCUT2D eigenvalue weighted by molar-refractivity contribution is 5.99. The smallest absolute Gasteiger partial charge is 0.252 e. The van der Waals surface area contributed by atoms with Crippen LogP contribution in [0.1, 0.15) is 52.2 Å². The number of aliphatic imine (C=N–C) groups is 1. The van der Waals surface area contributed by atoms with Crippen LogP contribution in [-0.2, 0) is 0 Å². The summed E-state index contributed by atoms with van der Waals surface area (Å²) in [5, 5.41) is 0. The quantitative estimate of drug-likeness (QED) is 0.391. The highest BCUT2D eigenvalue weighted by Crippen LogP contribution is 2.31. The third kappa shape index (κ3) is 5.55. The Balaban J connectivity index is 2.99. The lowest BCUT2D eigenvalue weighted by Gasteiger charge is -2.21. The van der Waals surface area contributed by atoms with Crippen LogP contribution in [0.5, 0.6) is 0 Å². The van der Waals surface area contributed by atoms with Crippen LogP contribution in [0.3, 0.4) is 0 Å². The summed E-state index contributed by atoms with van der Waals surface area (Å²) in [5.41, 5.74) is 3.21. The molecule has 0 aromatic heterocycles. The predicted octanol–water partition coefficient (Wildman–Crippen LogP) is 6.67. The molecule has 0 spiro atoms. The Morgan fingerprint density at radius 1 is 1.12 bits per heavy atom. The van der Waals surface area contributed by atoms with Crippen LogP contribution in [0.4, 0.5) is 8.78 Å². The fourth-order valence-corrected chi connectivity index (χ4v) is 2.33. The molecule has 0 aliphatic rings. The van der Waals surface area contributed by atoms with E-state index in [1.165, 1.54) is 6.08 Å². The van der Waals surface area contributed by atoms with E-state index in [0.29, 0.717) is 5.71 Å². The van der Waals surface area contributed by atoms with Crippen molar-refractivity contribution in [3.05, 3.63) is 66.4 Å². The van der Waals surface area contributed by atoms with Gasteiger partial charge in [0.05, 0.1) is 0 Å². The molecule has 0 heterocycles. The van der Waals surface area contributed by atoms with Crippen molar-refractivity contribution < 1.29 is 8.78 Å². The standard InChI is InChI=1S/C21H27F2N/c1-8-19(21(7,22)23)24-16(4)18-12-10-17(11-13-18)15(3)14-20(5,6)9-2/h8-13H,2-3,14H2,1,4-7H3. The first-order valence-electron chi connectivity index (χ1n) is 8.02. The van der Waals surface area contributed by atoms with Crippen molar-refractivity contribution >= 4 is 11.3 Å². The third-order valence-corrected chi connectivity index (χ3v) is 3.94. The molecule has 0 unspecified atom stereocenters. The van der Waals surface area contributed by atoms with Crippen LogP contribution in [0.2, 0.25) is 0 Å². The number of rotatable bonds is 7. The summed E-state index contributed by atoms with van der Waals surface area (Å²) >= 11 is 0. The second kappa shape index (κ2) is 7.69. The van der Waals surface area contributed by atoms with Crippen LogP contribution in [0, 0.1) is 5.41 Å². The molecule has 1 aromatic rings. The maximum absolute atomic E-state index is 13.4. The van der Waals surface area contributed by atoms with E-state index in [0.717, 1.165) is 30.0 Å². The number of halogens is 2. The van der Waals surface area contributed by atoms with Crippen molar-refractivity contribution in [3.8, 4) is 0 Å². The van der Waals surface area contributed by atoms with Gasteiger partial charge < -0.3 is 0 Å². The topological polar surface area (TPSA) is 12.4 Å². The number of hydrogen-bond donors (Lipinski definition) is 0. The summed E-state index contributed by atoms with van der Waals surface area (Å²) in [7, 11) is 0. The van der Waals surface area contributed by atoms with Crippen molar-refractivity contribution in [1.29, 1.82) is 0 Å². The predicted molar refractivity (Wildman–Crippen MR) is 101 cm³/mol. The van der Waals surface area contributed by atoms with E-state index in [-0.39, 0.29) is 11.1 Å². The first-order chi connectivity index (χ1) is 11.0. The molecule has 130 valence electrons. The Morgan fingerprint density at radius 3 is 2.04 bits per heavy atom. The molecule has 0 amide bonds. The molecule has 1 nitrogen and oxygen atoms in total. The van der Waals surface area contributed by atoms with Gasteiger partial charge in [-0.1, -0.05) is 56.8 Å². The molecular formula is C21H27F2N. The Hall–Kier alpha value is -2.03. The molecule has 0 saturated heterocycles. The normalized spacial score (nSPS) is 13.8. The molecule has 1 rings (SSSR count). The van der Waals surface area contributed by atoms with Crippen molar-refractivity contribution in [1.82, 2.24) is 0 Å². The molecule has 0 aliphatic carbocycles. The second-order valence-corrected chi connectivity index (χ2v) is 6.81. The van der Waals surface area contributed by atoms with E-state index in [1.54, 1.807) is 13.8 Å². The molecular weight excluding hydrogens is 304 g/mol. The van der Waals surface area contributed by atoms with Crippen LogP contribution >= 0.6 is 0 Å². The molecule has 0 atom stereocenters. The molecule has 0 radical (unpaired) electrons. The summed E-state index contributed by atoms with van der Waals surface area (Å²) < 4.78 is 26.9. The van der Waals surface area contributed by atoms with Gasteiger partial charge in [0.2, 0.25) is 0 Å². The number of hydrogen-bond acceptors (Lipinski definition) is 1. The van der Waals surface area contributed by atoms with Crippen LogP contribution in [0.15, 0.2) is 60.3 Å². The third-order valence-electron chi connectivity index (χ3n) is 3.94.